The highest BCUT2D eigenvalue weighted by atomic mass is 32.2. The molecule has 0 aliphatic carbocycles. The Hall–Kier alpha value is -2.78. The molecule has 1 aliphatic rings. The van der Waals surface area contributed by atoms with Crippen LogP contribution in [0.4, 0.5) is 0 Å². The van der Waals surface area contributed by atoms with Crippen LogP contribution in [-0.2, 0) is 21.4 Å². The van der Waals surface area contributed by atoms with Crippen molar-refractivity contribution in [2.24, 2.45) is 0 Å². The van der Waals surface area contributed by atoms with E-state index in [2.05, 4.69) is 10.0 Å². The highest BCUT2D eigenvalue weighted by Crippen LogP contribution is 2.32. The van der Waals surface area contributed by atoms with Crippen molar-refractivity contribution in [1.29, 1.82) is 0 Å². The Balaban J connectivity index is 1.50. The number of hydrogen-bond donors (Lipinski definition) is 2. The van der Waals surface area contributed by atoms with E-state index in [1.165, 1.54) is 12.1 Å². The molecule has 0 bridgehead atoms. The van der Waals surface area contributed by atoms with E-state index >= 15 is 0 Å². The van der Waals surface area contributed by atoms with Crippen LogP contribution in [0.15, 0.2) is 47.4 Å². The number of carbonyl (C=O) groups excluding carboxylic acids is 1. The molecule has 0 fully saturated rings. The SMILES string of the molecule is CCOc1ccc(S(=O)(=O)NCC(=O)NCc2ccc3c(c2)OCO3)cc1. The van der Waals surface area contributed by atoms with Gasteiger partial charge in [-0.2, -0.15) is 0 Å². The summed E-state index contributed by atoms with van der Waals surface area (Å²) in [4.78, 5) is 12.0. The summed E-state index contributed by atoms with van der Waals surface area (Å²) in [6.45, 7) is 2.40. The molecule has 3 rings (SSSR count). The smallest absolute Gasteiger partial charge is 0.241 e. The minimum atomic E-state index is -3.78. The number of rotatable bonds is 8. The highest BCUT2D eigenvalue weighted by Gasteiger charge is 2.16. The van der Waals surface area contributed by atoms with Crippen molar-refractivity contribution >= 4 is 15.9 Å². The molecule has 0 radical (unpaired) electrons. The van der Waals surface area contributed by atoms with Gasteiger partial charge in [-0.05, 0) is 48.9 Å². The first kappa shape index (κ1) is 19.0. The summed E-state index contributed by atoms with van der Waals surface area (Å²) in [5.41, 5.74) is 0.821. The molecule has 2 N–H and O–H groups in total. The maximum absolute atomic E-state index is 12.2. The van der Waals surface area contributed by atoms with E-state index in [4.69, 9.17) is 14.2 Å². The van der Waals surface area contributed by atoms with Crippen LogP contribution >= 0.6 is 0 Å². The lowest BCUT2D eigenvalue weighted by atomic mass is 10.2. The molecule has 144 valence electrons. The Morgan fingerprint density at radius 1 is 1.11 bits per heavy atom. The van der Waals surface area contributed by atoms with Crippen LogP contribution in [0, 0.1) is 0 Å². The quantitative estimate of drug-likeness (QED) is 0.704. The van der Waals surface area contributed by atoms with Gasteiger partial charge in [0.05, 0.1) is 18.0 Å². The van der Waals surface area contributed by atoms with Crippen molar-refractivity contribution in [2.75, 3.05) is 19.9 Å². The van der Waals surface area contributed by atoms with Crippen molar-refractivity contribution in [3.8, 4) is 17.2 Å². The Morgan fingerprint density at radius 3 is 2.59 bits per heavy atom. The van der Waals surface area contributed by atoms with Gasteiger partial charge in [0.1, 0.15) is 5.75 Å². The van der Waals surface area contributed by atoms with Gasteiger partial charge in [0, 0.05) is 6.54 Å². The number of amides is 1. The fraction of sp³-hybridized carbons (Fsp3) is 0.278. The number of carbonyl (C=O) groups is 1. The largest absolute Gasteiger partial charge is 0.494 e. The topological polar surface area (TPSA) is 103 Å². The number of hydrogen-bond acceptors (Lipinski definition) is 6. The lowest BCUT2D eigenvalue weighted by molar-refractivity contribution is -0.120. The molecule has 2 aromatic carbocycles. The second-order valence-electron chi connectivity index (χ2n) is 5.69. The average Bonchev–Trinajstić information content (AvgIpc) is 3.13. The van der Waals surface area contributed by atoms with E-state index in [0.717, 1.165) is 5.56 Å². The standard InChI is InChI=1S/C18H20N2O6S/c1-2-24-14-4-6-15(7-5-14)27(22,23)20-11-18(21)19-10-13-3-8-16-17(9-13)26-12-25-16/h3-9,20H,2,10-12H2,1H3,(H,19,21). The van der Waals surface area contributed by atoms with Gasteiger partial charge in [-0.1, -0.05) is 6.07 Å². The van der Waals surface area contributed by atoms with Crippen molar-refractivity contribution in [1.82, 2.24) is 10.0 Å². The predicted molar refractivity (Wildman–Crippen MR) is 97.2 cm³/mol. The highest BCUT2D eigenvalue weighted by molar-refractivity contribution is 7.89. The fourth-order valence-electron chi connectivity index (χ4n) is 2.44. The van der Waals surface area contributed by atoms with Gasteiger partial charge in [0.2, 0.25) is 22.7 Å². The zero-order valence-electron chi connectivity index (χ0n) is 14.7. The molecule has 1 aliphatic heterocycles. The lowest BCUT2D eigenvalue weighted by Crippen LogP contribution is -2.36. The molecule has 0 unspecified atom stereocenters. The Morgan fingerprint density at radius 2 is 1.85 bits per heavy atom. The summed E-state index contributed by atoms with van der Waals surface area (Å²) in [6.07, 6.45) is 0. The van der Waals surface area contributed by atoms with E-state index in [0.29, 0.717) is 23.9 Å². The first-order valence-corrected chi connectivity index (χ1v) is 9.84. The maximum Gasteiger partial charge on any atom is 0.241 e. The third kappa shape index (κ3) is 4.89. The molecule has 1 heterocycles. The minimum Gasteiger partial charge on any atom is -0.494 e. The summed E-state index contributed by atoms with van der Waals surface area (Å²) < 4.78 is 42.5. The molecule has 0 aromatic heterocycles. The number of fused-ring (bicyclic) bond motifs is 1. The lowest BCUT2D eigenvalue weighted by Gasteiger charge is -2.09. The zero-order valence-corrected chi connectivity index (χ0v) is 15.5. The van der Waals surface area contributed by atoms with Crippen LogP contribution < -0.4 is 24.2 Å². The normalized spacial score (nSPS) is 12.6. The van der Waals surface area contributed by atoms with Gasteiger partial charge in [0.15, 0.2) is 11.5 Å². The zero-order chi connectivity index (χ0) is 19.3. The van der Waals surface area contributed by atoms with Gasteiger partial charge < -0.3 is 19.5 Å². The molecule has 0 saturated carbocycles. The third-order valence-corrected chi connectivity index (χ3v) is 5.21. The number of nitrogens with one attached hydrogen (secondary N) is 2. The molecule has 9 heteroatoms. The van der Waals surface area contributed by atoms with E-state index in [1.807, 2.05) is 6.92 Å². The molecule has 8 nitrogen and oxygen atoms in total. The second kappa shape index (κ2) is 8.28. The predicted octanol–water partition coefficient (Wildman–Crippen LogP) is 1.41. The van der Waals surface area contributed by atoms with Gasteiger partial charge in [0.25, 0.3) is 0 Å². The molecular formula is C18H20N2O6S. The van der Waals surface area contributed by atoms with Crippen molar-refractivity contribution in [3.63, 3.8) is 0 Å². The van der Waals surface area contributed by atoms with Crippen LogP contribution in [0.2, 0.25) is 0 Å². The summed E-state index contributed by atoms with van der Waals surface area (Å²) in [5, 5.41) is 2.66. The summed E-state index contributed by atoms with van der Waals surface area (Å²) in [6, 6.07) is 11.3. The van der Waals surface area contributed by atoms with Gasteiger partial charge in [-0.3, -0.25) is 4.79 Å². The number of benzene rings is 2. The second-order valence-corrected chi connectivity index (χ2v) is 7.46. The molecule has 0 spiro atoms. The molecular weight excluding hydrogens is 372 g/mol. The fourth-order valence-corrected chi connectivity index (χ4v) is 3.42. The molecule has 1 amide bonds. The van der Waals surface area contributed by atoms with Crippen molar-refractivity contribution in [3.05, 3.63) is 48.0 Å². The van der Waals surface area contributed by atoms with Crippen molar-refractivity contribution < 1.29 is 27.4 Å². The van der Waals surface area contributed by atoms with Crippen LogP contribution in [0.5, 0.6) is 17.2 Å². The van der Waals surface area contributed by atoms with Crippen LogP contribution in [-0.4, -0.2) is 34.3 Å². The number of ether oxygens (including phenoxy) is 3. The first-order valence-electron chi connectivity index (χ1n) is 8.35. The minimum absolute atomic E-state index is 0.0644. The van der Waals surface area contributed by atoms with Crippen LogP contribution in [0.25, 0.3) is 0 Å². The first-order chi connectivity index (χ1) is 13.0. The van der Waals surface area contributed by atoms with E-state index in [9.17, 15) is 13.2 Å². The van der Waals surface area contributed by atoms with E-state index in [-0.39, 0.29) is 24.8 Å². The molecule has 0 atom stereocenters. The summed E-state index contributed by atoms with van der Waals surface area (Å²) >= 11 is 0. The molecule has 2 aromatic rings. The number of sulfonamides is 1. The van der Waals surface area contributed by atoms with Crippen molar-refractivity contribution in [2.45, 2.75) is 18.4 Å². The van der Waals surface area contributed by atoms with Crippen LogP contribution in [0.1, 0.15) is 12.5 Å². The Bertz CT molecular complexity index is 912. The van der Waals surface area contributed by atoms with Gasteiger partial charge in [-0.15, -0.1) is 0 Å². The summed E-state index contributed by atoms with van der Waals surface area (Å²) in [5.74, 6) is 1.42. The Labute approximate surface area is 157 Å². The average molecular weight is 392 g/mol. The summed E-state index contributed by atoms with van der Waals surface area (Å²) in [7, 11) is -3.78. The van der Waals surface area contributed by atoms with Gasteiger partial charge >= 0.3 is 0 Å². The van der Waals surface area contributed by atoms with Gasteiger partial charge in [-0.25, -0.2) is 13.1 Å². The molecule has 27 heavy (non-hydrogen) atoms. The molecule has 0 saturated heterocycles. The van der Waals surface area contributed by atoms with E-state index in [1.54, 1.807) is 30.3 Å². The maximum atomic E-state index is 12.2. The monoisotopic (exact) mass is 392 g/mol. The Kier molecular flexibility index (Phi) is 5.82. The third-order valence-electron chi connectivity index (χ3n) is 3.79. The van der Waals surface area contributed by atoms with Crippen LogP contribution in [0.3, 0.4) is 0 Å². The van der Waals surface area contributed by atoms with E-state index < -0.39 is 15.9 Å².